The molecule has 0 unspecified atom stereocenters. The van der Waals surface area contributed by atoms with Crippen LogP contribution in [0.15, 0.2) is 65.5 Å². The number of aromatic nitrogens is 2. The summed E-state index contributed by atoms with van der Waals surface area (Å²) in [4.78, 5) is 12.1. The van der Waals surface area contributed by atoms with Gasteiger partial charge in [0.05, 0.1) is 24.6 Å². The number of nitrogens with zero attached hydrogens (tertiary/aromatic N) is 2. The molecule has 0 aliphatic carbocycles. The van der Waals surface area contributed by atoms with Gasteiger partial charge in [-0.2, -0.15) is 5.10 Å². The van der Waals surface area contributed by atoms with Gasteiger partial charge in [-0.3, -0.25) is 4.79 Å². The number of hydrogen-bond donors (Lipinski definition) is 1. The first-order valence-electron chi connectivity index (χ1n) is 10.0. The molecule has 1 N–H and O–H groups in total. The van der Waals surface area contributed by atoms with Crippen LogP contribution in [0, 0.1) is 5.82 Å². The van der Waals surface area contributed by atoms with Gasteiger partial charge in [-0.1, -0.05) is 0 Å². The quantitative estimate of drug-likeness (QED) is 0.471. The Morgan fingerprint density at radius 1 is 0.969 bits per heavy atom. The zero-order valence-electron chi connectivity index (χ0n) is 17.5. The highest BCUT2D eigenvalue weighted by Gasteiger charge is 2.11. The van der Waals surface area contributed by atoms with Crippen molar-refractivity contribution in [3.05, 3.63) is 76.8 Å². The molecule has 170 valence electrons. The summed E-state index contributed by atoms with van der Waals surface area (Å²) in [5.41, 5.74) is 1.06. The van der Waals surface area contributed by atoms with Crippen LogP contribution in [-0.4, -0.2) is 43.7 Å². The highest BCUT2D eigenvalue weighted by atomic mass is 32.2. The van der Waals surface area contributed by atoms with Crippen LogP contribution in [0.5, 0.6) is 11.5 Å². The maximum atomic E-state index is 12.9. The van der Waals surface area contributed by atoms with Crippen molar-refractivity contribution in [2.24, 2.45) is 0 Å². The Morgan fingerprint density at radius 2 is 1.62 bits per heavy atom. The van der Waals surface area contributed by atoms with E-state index in [2.05, 4.69) is 9.82 Å². The van der Waals surface area contributed by atoms with Crippen molar-refractivity contribution in [2.75, 3.05) is 25.5 Å². The van der Waals surface area contributed by atoms with E-state index in [1.165, 1.54) is 35.0 Å². The molecule has 10 heteroatoms. The van der Waals surface area contributed by atoms with Crippen LogP contribution in [0.25, 0.3) is 11.3 Å². The van der Waals surface area contributed by atoms with Crippen molar-refractivity contribution in [3.8, 4) is 22.8 Å². The van der Waals surface area contributed by atoms with E-state index in [9.17, 15) is 17.6 Å². The van der Waals surface area contributed by atoms with E-state index in [1.807, 2.05) is 31.2 Å². The lowest BCUT2D eigenvalue weighted by Gasteiger charge is -2.10. The summed E-state index contributed by atoms with van der Waals surface area (Å²) in [6.45, 7) is 2.45. The Morgan fingerprint density at radius 3 is 2.31 bits per heavy atom. The van der Waals surface area contributed by atoms with Gasteiger partial charge in [-0.15, -0.1) is 0 Å². The molecule has 0 fully saturated rings. The zero-order chi connectivity index (χ0) is 23.0. The molecule has 32 heavy (non-hydrogen) atoms. The maximum absolute atomic E-state index is 12.9. The lowest BCUT2D eigenvalue weighted by molar-refractivity contribution is 0.339. The minimum Gasteiger partial charge on any atom is -0.494 e. The Labute approximate surface area is 185 Å². The molecule has 0 atom stereocenters. The van der Waals surface area contributed by atoms with E-state index in [-0.39, 0.29) is 31.0 Å². The monoisotopic (exact) mass is 461 g/mol. The Balaban J connectivity index is 1.53. The summed E-state index contributed by atoms with van der Waals surface area (Å²) in [5.74, 6) is 0.437. The highest BCUT2D eigenvalue weighted by molar-refractivity contribution is 7.89. The Kier molecular flexibility index (Phi) is 7.96. The Hall–Kier alpha value is -3.24. The molecule has 0 aliphatic rings. The zero-order valence-corrected chi connectivity index (χ0v) is 18.3. The normalized spacial score (nSPS) is 11.3. The summed E-state index contributed by atoms with van der Waals surface area (Å²) in [5, 5.41) is 4.32. The van der Waals surface area contributed by atoms with Crippen molar-refractivity contribution in [1.29, 1.82) is 0 Å². The molecule has 1 heterocycles. The molecule has 3 rings (SSSR count). The maximum Gasteiger partial charge on any atom is 0.266 e. The summed E-state index contributed by atoms with van der Waals surface area (Å²) >= 11 is 0. The van der Waals surface area contributed by atoms with Crippen molar-refractivity contribution in [3.63, 3.8) is 0 Å². The molecule has 0 spiro atoms. The second-order valence-corrected chi connectivity index (χ2v) is 8.68. The molecular weight excluding hydrogens is 437 g/mol. The average Bonchev–Trinajstić information content (AvgIpc) is 2.77. The first-order valence-corrected chi connectivity index (χ1v) is 11.7. The van der Waals surface area contributed by atoms with Crippen LogP contribution in [0.3, 0.4) is 0 Å². The van der Waals surface area contributed by atoms with Crippen LogP contribution in [0.2, 0.25) is 0 Å². The first-order chi connectivity index (χ1) is 15.4. The minimum absolute atomic E-state index is 0.00147. The molecule has 8 nitrogen and oxygen atoms in total. The van der Waals surface area contributed by atoms with Crippen LogP contribution in [0.1, 0.15) is 6.92 Å². The fourth-order valence-corrected chi connectivity index (χ4v) is 3.68. The van der Waals surface area contributed by atoms with Crippen molar-refractivity contribution < 1.29 is 22.3 Å². The lowest BCUT2D eigenvalue weighted by Crippen LogP contribution is -2.34. The van der Waals surface area contributed by atoms with Crippen LogP contribution in [0.4, 0.5) is 4.39 Å². The van der Waals surface area contributed by atoms with Gasteiger partial charge < -0.3 is 9.47 Å². The fourth-order valence-electron chi connectivity index (χ4n) is 2.83. The van der Waals surface area contributed by atoms with E-state index in [0.29, 0.717) is 18.1 Å². The van der Waals surface area contributed by atoms with E-state index in [1.54, 1.807) is 6.07 Å². The molecule has 0 amide bonds. The predicted octanol–water partition coefficient (Wildman–Crippen LogP) is 2.45. The van der Waals surface area contributed by atoms with Gasteiger partial charge in [0.15, 0.2) is 0 Å². The second-order valence-electron chi connectivity index (χ2n) is 6.75. The SMILES string of the molecule is CCOc1ccc(-c2ccc(=O)n(CCNS(=O)(=O)CCOc3ccc(F)cc3)n2)cc1. The average molecular weight is 462 g/mol. The van der Waals surface area contributed by atoms with Gasteiger partial charge in [-0.05, 0) is 61.5 Å². The van der Waals surface area contributed by atoms with Crippen molar-refractivity contribution in [1.82, 2.24) is 14.5 Å². The molecule has 0 aliphatic heterocycles. The van der Waals surface area contributed by atoms with Gasteiger partial charge in [0, 0.05) is 18.2 Å². The third-order valence-corrected chi connectivity index (χ3v) is 5.76. The number of rotatable bonds is 11. The summed E-state index contributed by atoms with van der Waals surface area (Å²) in [7, 11) is -3.62. The molecule has 0 saturated heterocycles. The number of ether oxygens (including phenoxy) is 2. The van der Waals surface area contributed by atoms with Gasteiger partial charge >= 0.3 is 0 Å². The van der Waals surface area contributed by atoms with Crippen LogP contribution in [-0.2, 0) is 16.6 Å². The van der Waals surface area contributed by atoms with E-state index >= 15 is 0 Å². The molecular formula is C22H24FN3O5S. The van der Waals surface area contributed by atoms with Crippen molar-refractivity contribution >= 4 is 10.0 Å². The standard InChI is InChI=1S/C22H24FN3O5S/c1-2-30-19-7-3-17(4-8-19)21-11-12-22(27)26(25-21)14-13-24-32(28,29)16-15-31-20-9-5-18(23)6-10-20/h3-12,24H,2,13-16H2,1H3. The van der Waals surface area contributed by atoms with E-state index < -0.39 is 15.8 Å². The molecule has 0 radical (unpaired) electrons. The smallest absolute Gasteiger partial charge is 0.266 e. The number of hydrogen-bond acceptors (Lipinski definition) is 6. The molecule has 0 bridgehead atoms. The van der Waals surface area contributed by atoms with Gasteiger partial charge in [0.2, 0.25) is 10.0 Å². The number of halogens is 1. The third kappa shape index (κ3) is 6.89. The highest BCUT2D eigenvalue weighted by Crippen LogP contribution is 2.19. The fraction of sp³-hybridized carbons (Fsp3) is 0.273. The molecule has 3 aromatic rings. The summed E-state index contributed by atoms with van der Waals surface area (Å²) < 4.78 is 51.5. The van der Waals surface area contributed by atoms with E-state index in [0.717, 1.165) is 11.3 Å². The van der Waals surface area contributed by atoms with E-state index in [4.69, 9.17) is 9.47 Å². The number of sulfonamides is 1. The number of nitrogens with one attached hydrogen (secondary N) is 1. The summed E-state index contributed by atoms with van der Waals surface area (Å²) in [6.07, 6.45) is 0. The molecule has 2 aromatic carbocycles. The third-order valence-electron chi connectivity index (χ3n) is 4.41. The first kappa shape index (κ1) is 23.4. The van der Waals surface area contributed by atoms with Gasteiger partial charge in [-0.25, -0.2) is 22.2 Å². The second kappa shape index (κ2) is 10.9. The molecule has 0 saturated carbocycles. The Bertz CT molecular complexity index is 1180. The predicted molar refractivity (Wildman–Crippen MR) is 119 cm³/mol. The molecule has 1 aromatic heterocycles. The summed E-state index contributed by atoms with van der Waals surface area (Å²) in [6, 6.07) is 15.6. The van der Waals surface area contributed by atoms with Crippen LogP contribution >= 0.6 is 0 Å². The van der Waals surface area contributed by atoms with Gasteiger partial charge in [0.25, 0.3) is 5.56 Å². The largest absolute Gasteiger partial charge is 0.494 e. The van der Waals surface area contributed by atoms with Gasteiger partial charge in [0.1, 0.15) is 23.9 Å². The minimum atomic E-state index is -3.62. The van der Waals surface area contributed by atoms with Crippen LogP contribution < -0.4 is 19.8 Å². The van der Waals surface area contributed by atoms with Crippen molar-refractivity contribution in [2.45, 2.75) is 13.5 Å². The number of benzene rings is 2. The lowest BCUT2D eigenvalue weighted by atomic mass is 10.1. The topological polar surface area (TPSA) is 99.5 Å².